The van der Waals surface area contributed by atoms with Gasteiger partial charge in [0, 0.05) is 12.6 Å². The van der Waals surface area contributed by atoms with Gasteiger partial charge in [-0.3, -0.25) is 0 Å². The van der Waals surface area contributed by atoms with Crippen LogP contribution in [0.5, 0.6) is 0 Å². The van der Waals surface area contributed by atoms with Crippen molar-refractivity contribution in [1.82, 2.24) is 9.55 Å². The van der Waals surface area contributed by atoms with Crippen LogP contribution in [0.25, 0.3) is 22.4 Å². The van der Waals surface area contributed by atoms with Gasteiger partial charge in [-0.2, -0.15) is 5.26 Å². The fourth-order valence-corrected chi connectivity index (χ4v) is 2.42. The standard InChI is InChI=1S/C17H15N3/c1-3-12-4-7-14(8-5-12)17-19-15-10-13(11-18)6-9-16(15)20(17)2/h4-10H,3H2,1-2H3. The van der Waals surface area contributed by atoms with Crippen molar-refractivity contribution in [3.05, 3.63) is 53.6 Å². The van der Waals surface area contributed by atoms with Crippen molar-refractivity contribution in [2.24, 2.45) is 7.05 Å². The molecule has 0 bridgehead atoms. The van der Waals surface area contributed by atoms with E-state index in [1.165, 1.54) is 5.56 Å². The molecule has 1 heterocycles. The number of aromatic nitrogens is 2. The summed E-state index contributed by atoms with van der Waals surface area (Å²) in [6.45, 7) is 2.15. The van der Waals surface area contributed by atoms with E-state index in [1.54, 1.807) is 0 Å². The van der Waals surface area contributed by atoms with Crippen molar-refractivity contribution in [1.29, 1.82) is 5.26 Å². The van der Waals surface area contributed by atoms with Crippen LogP contribution in [0.2, 0.25) is 0 Å². The Labute approximate surface area is 118 Å². The zero-order valence-electron chi connectivity index (χ0n) is 11.6. The third-order valence-electron chi connectivity index (χ3n) is 3.63. The Kier molecular flexibility index (Phi) is 3.00. The van der Waals surface area contributed by atoms with Crippen LogP contribution in [0.4, 0.5) is 0 Å². The first-order valence-corrected chi connectivity index (χ1v) is 6.69. The molecule has 0 unspecified atom stereocenters. The highest BCUT2D eigenvalue weighted by atomic mass is 15.1. The lowest BCUT2D eigenvalue weighted by Gasteiger charge is -2.03. The average molecular weight is 261 g/mol. The van der Waals surface area contributed by atoms with Gasteiger partial charge in [0.1, 0.15) is 5.82 Å². The SMILES string of the molecule is CCc1ccc(-c2nc3cc(C#N)ccc3n2C)cc1. The number of aryl methyl sites for hydroxylation is 2. The minimum Gasteiger partial charge on any atom is -0.327 e. The third kappa shape index (κ3) is 1.96. The van der Waals surface area contributed by atoms with Crippen molar-refractivity contribution >= 4 is 11.0 Å². The van der Waals surface area contributed by atoms with Gasteiger partial charge in [0.05, 0.1) is 22.7 Å². The number of hydrogen-bond donors (Lipinski definition) is 0. The van der Waals surface area contributed by atoms with E-state index >= 15 is 0 Å². The van der Waals surface area contributed by atoms with Crippen LogP contribution >= 0.6 is 0 Å². The third-order valence-corrected chi connectivity index (χ3v) is 3.63. The first-order chi connectivity index (χ1) is 9.72. The van der Waals surface area contributed by atoms with Gasteiger partial charge in [0.15, 0.2) is 0 Å². The molecule has 0 N–H and O–H groups in total. The smallest absolute Gasteiger partial charge is 0.140 e. The monoisotopic (exact) mass is 261 g/mol. The number of benzene rings is 2. The summed E-state index contributed by atoms with van der Waals surface area (Å²) in [5.41, 5.74) is 4.96. The maximum Gasteiger partial charge on any atom is 0.140 e. The van der Waals surface area contributed by atoms with Crippen molar-refractivity contribution in [3.8, 4) is 17.5 Å². The molecule has 20 heavy (non-hydrogen) atoms. The fraction of sp³-hybridized carbons (Fsp3) is 0.176. The second-order valence-electron chi connectivity index (χ2n) is 4.86. The molecule has 3 nitrogen and oxygen atoms in total. The lowest BCUT2D eigenvalue weighted by atomic mass is 10.1. The molecule has 0 aliphatic heterocycles. The lowest BCUT2D eigenvalue weighted by molar-refractivity contribution is 0.959. The molecule has 2 aromatic carbocycles. The highest BCUT2D eigenvalue weighted by molar-refractivity contribution is 5.81. The Bertz CT molecular complexity index is 805. The molecule has 0 amide bonds. The van der Waals surface area contributed by atoms with Crippen LogP contribution < -0.4 is 0 Å². The first-order valence-electron chi connectivity index (χ1n) is 6.69. The summed E-state index contributed by atoms with van der Waals surface area (Å²) in [4.78, 5) is 4.66. The van der Waals surface area contributed by atoms with Gasteiger partial charge < -0.3 is 4.57 Å². The van der Waals surface area contributed by atoms with E-state index < -0.39 is 0 Å². The summed E-state index contributed by atoms with van der Waals surface area (Å²) in [6.07, 6.45) is 1.04. The Morgan fingerprint density at radius 3 is 2.55 bits per heavy atom. The maximum absolute atomic E-state index is 8.96. The van der Waals surface area contributed by atoms with Gasteiger partial charge in [-0.25, -0.2) is 4.98 Å². The molecule has 0 aliphatic rings. The summed E-state index contributed by atoms with van der Waals surface area (Å²) in [7, 11) is 2.00. The predicted molar refractivity (Wildman–Crippen MR) is 80.2 cm³/mol. The lowest BCUT2D eigenvalue weighted by Crippen LogP contribution is -1.92. The molecule has 0 spiro atoms. The van der Waals surface area contributed by atoms with Crippen LogP contribution in [0, 0.1) is 11.3 Å². The van der Waals surface area contributed by atoms with Crippen molar-refractivity contribution in [3.63, 3.8) is 0 Å². The summed E-state index contributed by atoms with van der Waals surface area (Å²) >= 11 is 0. The number of nitriles is 1. The topological polar surface area (TPSA) is 41.6 Å². The Morgan fingerprint density at radius 1 is 1.15 bits per heavy atom. The number of nitrogens with zero attached hydrogens (tertiary/aromatic N) is 3. The summed E-state index contributed by atoms with van der Waals surface area (Å²) < 4.78 is 2.07. The van der Waals surface area contributed by atoms with Crippen molar-refractivity contribution in [2.45, 2.75) is 13.3 Å². The van der Waals surface area contributed by atoms with E-state index in [9.17, 15) is 0 Å². The van der Waals surface area contributed by atoms with Gasteiger partial charge in [0.25, 0.3) is 0 Å². The van der Waals surface area contributed by atoms with Crippen LogP contribution in [-0.2, 0) is 13.5 Å². The molecule has 1 aromatic heterocycles. The van der Waals surface area contributed by atoms with E-state index in [2.05, 4.69) is 46.8 Å². The number of imidazole rings is 1. The molecule has 0 atom stereocenters. The van der Waals surface area contributed by atoms with E-state index in [4.69, 9.17) is 5.26 Å². The normalized spacial score (nSPS) is 10.7. The summed E-state index contributed by atoms with van der Waals surface area (Å²) in [5, 5.41) is 8.96. The second-order valence-corrected chi connectivity index (χ2v) is 4.86. The van der Waals surface area contributed by atoms with Gasteiger partial charge >= 0.3 is 0 Å². The zero-order chi connectivity index (χ0) is 14.1. The number of fused-ring (bicyclic) bond motifs is 1. The molecule has 0 saturated carbocycles. The van der Waals surface area contributed by atoms with E-state index in [0.29, 0.717) is 5.56 Å². The summed E-state index contributed by atoms with van der Waals surface area (Å²) in [6, 6.07) is 16.2. The molecule has 0 aliphatic carbocycles. The molecular formula is C17H15N3. The summed E-state index contributed by atoms with van der Waals surface area (Å²) in [5.74, 6) is 0.928. The number of rotatable bonds is 2. The van der Waals surface area contributed by atoms with Crippen molar-refractivity contribution < 1.29 is 0 Å². The number of hydrogen-bond acceptors (Lipinski definition) is 2. The first kappa shape index (κ1) is 12.4. The fourth-order valence-electron chi connectivity index (χ4n) is 2.42. The van der Waals surface area contributed by atoms with Crippen LogP contribution in [-0.4, -0.2) is 9.55 Å². The zero-order valence-corrected chi connectivity index (χ0v) is 11.6. The van der Waals surface area contributed by atoms with Crippen LogP contribution in [0.15, 0.2) is 42.5 Å². The maximum atomic E-state index is 8.96. The van der Waals surface area contributed by atoms with E-state index in [0.717, 1.165) is 28.8 Å². The molecule has 98 valence electrons. The second kappa shape index (κ2) is 4.82. The van der Waals surface area contributed by atoms with Gasteiger partial charge in [0.2, 0.25) is 0 Å². The minimum absolute atomic E-state index is 0.642. The average Bonchev–Trinajstić information content (AvgIpc) is 2.84. The Morgan fingerprint density at radius 2 is 1.90 bits per heavy atom. The molecule has 0 fully saturated rings. The van der Waals surface area contributed by atoms with E-state index in [1.807, 2.05) is 25.2 Å². The highest BCUT2D eigenvalue weighted by Gasteiger charge is 2.10. The molecule has 3 heteroatoms. The largest absolute Gasteiger partial charge is 0.327 e. The van der Waals surface area contributed by atoms with Crippen LogP contribution in [0.1, 0.15) is 18.1 Å². The minimum atomic E-state index is 0.642. The Balaban J connectivity index is 2.15. The van der Waals surface area contributed by atoms with E-state index in [-0.39, 0.29) is 0 Å². The Hall–Kier alpha value is -2.60. The van der Waals surface area contributed by atoms with Gasteiger partial charge in [-0.05, 0) is 30.2 Å². The molecule has 3 rings (SSSR count). The van der Waals surface area contributed by atoms with Gasteiger partial charge in [-0.15, -0.1) is 0 Å². The highest BCUT2D eigenvalue weighted by Crippen LogP contribution is 2.24. The quantitative estimate of drug-likeness (QED) is 0.706. The van der Waals surface area contributed by atoms with Crippen molar-refractivity contribution in [2.75, 3.05) is 0 Å². The molecular weight excluding hydrogens is 246 g/mol. The molecule has 0 saturated heterocycles. The van der Waals surface area contributed by atoms with Gasteiger partial charge in [-0.1, -0.05) is 31.2 Å². The van der Waals surface area contributed by atoms with Crippen LogP contribution in [0.3, 0.4) is 0 Å². The molecule has 3 aromatic rings. The predicted octanol–water partition coefficient (Wildman–Crippen LogP) is 3.67. The molecule has 0 radical (unpaired) electrons.